The Bertz CT molecular complexity index is 1470. The lowest BCUT2D eigenvalue weighted by molar-refractivity contribution is -0.384. The van der Waals surface area contributed by atoms with Gasteiger partial charge in [-0.25, -0.2) is 4.98 Å². The zero-order chi connectivity index (χ0) is 27.1. The van der Waals surface area contributed by atoms with E-state index in [2.05, 4.69) is 15.6 Å². The molecule has 0 atom stereocenters. The summed E-state index contributed by atoms with van der Waals surface area (Å²) in [6.07, 6.45) is 0. The molecule has 0 aliphatic carbocycles. The Morgan fingerprint density at radius 3 is 2.42 bits per heavy atom. The van der Waals surface area contributed by atoms with Gasteiger partial charge in [0.2, 0.25) is 5.91 Å². The Morgan fingerprint density at radius 1 is 1.00 bits per heavy atom. The van der Waals surface area contributed by atoms with Crippen molar-refractivity contribution in [1.82, 2.24) is 4.98 Å². The van der Waals surface area contributed by atoms with E-state index in [9.17, 15) is 19.7 Å². The fourth-order valence-corrected chi connectivity index (χ4v) is 4.97. The van der Waals surface area contributed by atoms with Crippen LogP contribution in [0.1, 0.15) is 10.4 Å². The first-order valence-corrected chi connectivity index (χ1v) is 13.0. The van der Waals surface area contributed by atoms with E-state index in [-0.39, 0.29) is 28.8 Å². The monoisotopic (exact) mass is 550 g/mol. The van der Waals surface area contributed by atoms with Crippen molar-refractivity contribution >= 4 is 51.4 Å². The van der Waals surface area contributed by atoms with Gasteiger partial charge in [-0.3, -0.25) is 19.7 Å². The van der Waals surface area contributed by atoms with Gasteiger partial charge in [0.25, 0.3) is 11.6 Å². The number of anilines is 2. The number of carbonyl (C=O) groups excluding carboxylic acids is 2. The lowest BCUT2D eigenvalue weighted by atomic mass is 10.1. The summed E-state index contributed by atoms with van der Waals surface area (Å²) in [6.45, 7) is 0. The maximum Gasteiger partial charge on any atom is 0.270 e. The normalized spacial score (nSPS) is 10.5. The van der Waals surface area contributed by atoms with Gasteiger partial charge in [0.05, 0.1) is 30.6 Å². The predicted octanol–water partition coefficient (Wildman–Crippen LogP) is 5.72. The number of hydrogen-bond acceptors (Lipinski definition) is 9. The van der Waals surface area contributed by atoms with E-state index in [1.807, 2.05) is 6.07 Å². The van der Waals surface area contributed by atoms with Crippen LogP contribution >= 0.6 is 23.1 Å². The zero-order valence-corrected chi connectivity index (χ0v) is 21.9. The minimum absolute atomic E-state index is 0.0297. The lowest BCUT2D eigenvalue weighted by Gasteiger charge is -2.13. The fourth-order valence-electron chi connectivity index (χ4n) is 3.48. The molecule has 1 heterocycles. The molecule has 0 aliphatic rings. The Kier molecular flexibility index (Phi) is 8.56. The van der Waals surface area contributed by atoms with Crippen molar-refractivity contribution in [1.29, 1.82) is 0 Å². The zero-order valence-electron chi connectivity index (χ0n) is 20.3. The second-order valence-electron chi connectivity index (χ2n) is 7.70. The average molecular weight is 551 g/mol. The van der Waals surface area contributed by atoms with Crippen molar-refractivity contribution in [2.75, 3.05) is 30.6 Å². The van der Waals surface area contributed by atoms with Crippen molar-refractivity contribution in [3.05, 3.63) is 87.8 Å². The molecule has 0 saturated heterocycles. The van der Waals surface area contributed by atoms with Crippen LogP contribution < -0.4 is 20.1 Å². The van der Waals surface area contributed by atoms with E-state index >= 15 is 0 Å². The van der Waals surface area contributed by atoms with Crippen LogP contribution in [0.2, 0.25) is 0 Å². The minimum Gasteiger partial charge on any atom is -0.496 e. The van der Waals surface area contributed by atoms with Crippen LogP contribution in [-0.2, 0) is 4.79 Å². The molecule has 2 amide bonds. The number of nitrogens with zero attached hydrogens (tertiary/aromatic N) is 2. The van der Waals surface area contributed by atoms with Crippen molar-refractivity contribution in [3.8, 4) is 22.8 Å². The van der Waals surface area contributed by atoms with E-state index in [4.69, 9.17) is 9.47 Å². The van der Waals surface area contributed by atoms with Crippen LogP contribution in [0.3, 0.4) is 0 Å². The number of thiazole rings is 1. The molecule has 0 unspecified atom stereocenters. The van der Waals surface area contributed by atoms with E-state index in [0.29, 0.717) is 33.6 Å². The first-order valence-electron chi connectivity index (χ1n) is 11.1. The van der Waals surface area contributed by atoms with Gasteiger partial charge in [-0.2, -0.15) is 0 Å². The summed E-state index contributed by atoms with van der Waals surface area (Å²) in [6, 6.07) is 18.4. The molecule has 0 spiro atoms. The van der Waals surface area contributed by atoms with Gasteiger partial charge in [0, 0.05) is 33.7 Å². The van der Waals surface area contributed by atoms with Gasteiger partial charge in [0.15, 0.2) is 5.13 Å². The molecule has 0 saturated carbocycles. The molecule has 10 nitrogen and oxygen atoms in total. The van der Waals surface area contributed by atoms with Gasteiger partial charge < -0.3 is 20.1 Å². The number of carbonyl (C=O) groups is 2. The highest BCUT2D eigenvalue weighted by atomic mass is 32.2. The predicted molar refractivity (Wildman–Crippen MR) is 147 cm³/mol. The molecule has 0 fully saturated rings. The molecule has 38 heavy (non-hydrogen) atoms. The highest BCUT2D eigenvalue weighted by Gasteiger charge is 2.18. The van der Waals surface area contributed by atoms with Crippen LogP contribution in [0, 0.1) is 10.1 Å². The number of ether oxygens (including phenoxy) is 2. The molecule has 0 radical (unpaired) electrons. The molecule has 0 bridgehead atoms. The summed E-state index contributed by atoms with van der Waals surface area (Å²) in [5, 5.41) is 18.7. The summed E-state index contributed by atoms with van der Waals surface area (Å²) < 4.78 is 10.6. The van der Waals surface area contributed by atoms with E-state index in [1.54, 1.807) is 53.9 Å². The van der Waals surface area contributed by atoms with Crippen LogP contribution in [0.25, 0.3) is 11.3 Å². The van der Waals surface area contributed by atoms with Crippen LogP contribution in [0.5, 0.6) is 11.5 Å². The highest BCUT2D eigenvalue weighted by Crippen LogP contribution is 2.30. The standard InChI is InChI=1S/C26H22N4O6S2/c1-35-21-10-5-11-22(36-2)24(21)25(32)27-17-7-4-9-19(13-17)37-15-23(31)29-26-28-20(14-38-26)16-6-3-8-18(12-16)30(33)34/h3-14H,15H2,1-2H3,(H,27,32)(H,28,29,31). The minimum atomic E-state index is -0.467. The smallest absolute Gasteiger partial charge is 0.270 e. The topological polar surface area (TPSA) is 133 Å². The van der Waals surface area contributed by atoms with E-state index in [0.717, 1.165) is 4.90 Å². The second kappa shape index (κ2) is 12.2. The third-order valence-electron chi connectivity index (χ3n) is 5.22. The number of benzene rings is 3. The molecule has 194 valence electrons. The number of rotatable bonds is 10. The third kappa shape index (κ3) is 6.47. The van der Waals surface area contributed by atoms with Crippen molar-refractivity contribution in [2.45, 2.75) is 4.90 Å². The van der Waals surface area contributed by atoms with Gasteiger partial charge in [0.1, 0.15) is 17.1 Å². The number of hydrogen-bond donors (Lipinski definition) is 2. The van der Waals surface area contributed by atoms with Crippen LogP contribution in [-0.4, -0.2) is 41.7 Å². The number of nitro groups is 1. The Morgan fingerprint density at radius 2 is 1.71 bits per heavy atom. The summed E-state index contributed by atoms with van der Waals surface area (Å²) in [5.41, 5.74) is 1.93. The van der Waals surface area contributed by atoms with E-state index in [1.165, 1.54) is 49.5 Å². The number of thioether (sulfide) groups is 1. The number of amides is 2. The van der Waals surface area contributed by atoms with Crippen LogP contribution in [0.15, 0.2) is 77.0 Å². The largest absolute Gasteiger partial charge is 0.496 e. The second-order valence-corrected chi connectivity index (χ2v) is 9.61. The molecular weight excluding hydrogens is 528 g/mol. The summed E-state index contributed by atoms with van der Waals surface area (Å²) >= 11 is 2.53. The molecule has 3 aromatic carbocycles. The summed E-state index contributed by atoms with van der Waals surface area (Å²) in [4.78, 5) is 41.1. The molecule has 4 aromatic rings. The Labute approximate surface area is 226 Å². The number of aromatic nitrogens is 1. The quantitative estimate of drug-likeness (QED) is 0.146. The van der Waals surface area contributed by atoms with Crippen molar-refractivity contribution in [2.24, 2.45) is 0 Å². The molecule has 4 rings (SSSR count). The molecular formula is C26H22N4O6S2. The number of nitrogens with one attached hydrogen (secondary N) is 2. The van der Waals surface area contributed by atoms with Gasteiger partial charge in [-0.05, 0) is 30.3 Å². The average Bonchev–Trinajstić information content (AvgIpc) is 3.40. The van der Waals surface area contributed by atoms with Crippen molar-refractivity contribution in [3.63, 3.8) is 0 Å². The Balaban J connectivity index is 1.36. The first kappa shape index (κ1) is 26.6. The molecule has 0 aliphatic heterocycles. The summed E-state index contributed by atoms with van der Waals surface area (Å²) in [5.74, 6) is 0.245. The van der Waals surface area contributed by atoms with Crippen LogP contribution in [0.4, 0.5) is 16.5 Å². The SMILES string of the molecule is COc1cccc(OC)c1C(=O)Nc1cccc(SCC(=O)Nc2nc(-c3cccc([N+](=O)[O-])c3)cs2)c1. The van der Waals surface area contributed by atoms with Gasteiger partial charge in [-0.15, -0.1) is 23.1 Å². The number of nitro benzene ring substituents is 1. The lowest BCUT2D eigenvalue weighted by Crippen LogP contribution is -2.15. The van der Waals surface area contributed by atoms with Gasteiger partial charge >= 0.3 is 0 Å². The maximum absolute atomic E-state index is 12.9. The maximum atomic E-state index is 12.9. The summed E-state index contributed by atoms with van der Waals surface area (Å²) in [7, 11) is 2.96. The fraction of sp³-hybridized carbons (Fsp3) is 0.115. The van der Waals surface area contributed by atoms with E-state index < -0.39 is 4.92 Å². The number of methoxy groups -OCH3 is 2. The molecule has 12 heteroatoms. The Hall–Kier alpha value is -4.42. The van der Waals surface area contributed by atoms with Gasteiger partial charge in [-0.1, -0.05) is 24.3 Å². The third-order valence-corrected chi connectivity index (χ3v) is 6.97. The molecule has 2 N–H and O–H groups in total. The first-order chi connectivity index (χ1) is 18.4. The number of non-ortho nitro benzene ring substituents is 1. The molecule has 1 aromatic heterocycles. The van der Waals surface area contributed by atoms with Crippen molar-refractivity contribution < 1.29 is 24.0 Å². The highest BCUT2D eigenvalue weighted by molar-refractivity contribution is 8.00.